The Labute approximate surface area is 95.3 Å². The molecule has 1 saturated carbocycles. The molecular weight excluding hydrogens is 204 g/mol. The first-order valence-corrected chi connectivity index (χ1v) is 5.35. The van der Waals surface area contributed by atoms with Crippen LogP contribution in [0.5, 0.6) is 0 Å². The summed E-state index contributed by atoms with van der Waals surface area (Å²) in [5, 5.41) is 7.19. The standard InChI is InChI=1S/C11H15N.CH3NO2/c12-9-11(7-4-8-11)10-5-2-1-3-6-10;2-1(3)4/h1-3,5-6H,4,7-9,12H2;2H2,(H,3,4). The average Bonchev–Trinajstić information content (AvgIpc) is 2.18. The summed E-state index contributed by atoms with van der Waals surface area (Å²) in [6.07, 6.45) is 2.55. The zero-order valence-corrected chi connectivity index (χ0v) is 9.23. The Bertz CT molecular complexity index is 325. The van der Waals surface area contributed by atoms with Crippen LogP contribution in [-0.4, -0.2) is 17.7 Å². The molecule has 0 saturated heterocycles. The number of carboxylic acid groups (broad SMARTS) is 1. The summed E-state index contributed by atoms with van der Waals surface area (Å²) in [6.45, 7) is 0.803. The van der Waals surface area contributed by atoms with Crippen molar-refractivity contribution in [1.82, 2.24) is 0 Å². The van der Waals surface area contributed by atoms with Crippen LogP contribution in [0, 0.1) is 0 Å². The minimum absolute atomic E-state index is 0.335. The molecule has 0 radical (unpaired) electrons. The SMILES string of the molecule is NC(=O)O.NCC1(c2ccccc2)CCC1. The Morgan fingerprint density at radius 1 is 1.31 bits per heavy atom. The van der Waals surface area contributed by atoms with E-state index in [1.54, 1.807) is 0 Å². The molecule has 1 amide bonds. The first-order chi connectivity index (χ1) is 7.60. The average molecular weight is 222 g/mol. The van der Waals surface area contributed by atoms with E-state index in [4.69, 9.17) is 15.6 Å². The van der Waals surface area contributed by atoms with Crippen LogP contribution >= 0.6 is 0 Å². The number of nitrogens with two attached hydrogens (primary N) is 2. The Kier molecular flexibility index (Phi) is 4.31. The van der Waals surface area contributed by atoms with E-state index in [1.165, 1.54) is 24.8 Å². The van der Waals surface area contributed by atoms with Gasteiger partial charge in [0.1, 0.15) is 0 Å². The second-order valence-electron chi connectivity index (χ2n) is 4.04. The van der Waals surface area contributed by atoms with E-state index in [-0.39, 0.29) is 0 Å². The van der Waals surface area contributed by atoms with Crippen LogP contribution in [-0.2, 0) is 5.41 Å². The lowest BCUT2D eigenvalue weighted by Crippen LogP contribution is -2.41. The fourth-order valence-electron chi connectivity index (χ4n) is 2.01. The second kappa shape index (κ2) is 5.51. The molecule has 0 atom stereocenters. The Morgan fingerprint density at radius 3 is 2.12 bits per heavy atom. The zero-order valence-electron chi connectivity index (χ0n) is 9.23. The van der Waals surface area contributed by atoms with E-state index in [1.807, 2.05) is 0 Å². The van der Waals surface area contributed by atoms with E-state index in [9.17, 15) is 0 Å². The largest absolute Gasteiger partial charge is 0.465 e. The molecule has 1 fully saturated rings. The molecule has 16 heavy (non-hydrogen) atoms. The van der Waals surface area contributed by atoms with Gasteiger partial charge in [0, 0.05) is 12.0 Å². The summed E-state index contributed by atoms with van der Waals surface area (Å²) in [4.78, 5) is 8.78. The van der Waals surface area contributed by atoms with Crippen LogP contribution in [0.2, 0.25) is 0 Å². The molecule has 1 aliphatic carbocycles. The van der Waals surface area contributed by atoms with Gasteiger partial charge in [-0.1, -0.05) is 36.8 Å². The molecular formula is C12H18N2O2. The van der Waals surface area contributed by atoms with Gasteiger partial charge in [0.25, 0.3) is 0 Å². The molecule has 1 aromatic carbocycles. The highest BCUT2D eigenvalue weighted by Gasteiger charge is 2.36. The molecule has 0 aromatic heterocycles. The summed E-state index contributed by atoms with van der Waals surface area (Å²) < 4.78 is 0. The number of hydrogen-bond acceptors (Lipinski definition) is 2. The first-order valence-electron chi connectivity index (χ1n) is 5.35. The van der Waals surface area contributed by atoms with Crippen molar-refractivity contribution in [3.8, 4) is 0 Å². The second-order valence-corrected chi connectivity index (χ2v) is 4.04. The van der Waals surface area contributed by atoms with Crippen molar-refractivity contribution in [3.63, 3.8) is 0 Å². The van der Waals surface area contributed by atoms with Crippen molar-refractivity contribution >= 4 is 6.09 Å². The van der Waals surface area contributed by atoms with Gasteiger partial charge in [-0.3, -0.25) is 0 Å². The number of primary amides is 1. The fourth-order valence-corrected chi connectivity index (χ4v) is 2.01. The molecule has 0 heterocycles. The van der Waals surface area contributed by atoms with Crippen LogP contribution in [0.4, 0.5) is 4.79 Å². The normalized spacial score (nSPS) is 16.6. The third kappa shape index (κ3) is 2.97. The highest BCUT2D eigenvalue weighted by Crippen LogP contribution is 2.42. The topological polar surface area (TPSA) is 89.3 Å². The van der Waals surface area contributed by atoms with Gasteiger partial charge in [-0.05, 0) is 18.4 Å². The lowest BCUT2D eigenvalue weighted by atomic mass is 9.64. The van der Waals surface area contributed by atoms with Gasteiger partial charge in [-0.15, -0.1) is 0 Å². The molecule has 0 spiro atoms. The maximum absolute atomic E-state index is 8.78. The summed E-state index contributed by atoms with van der Waals surface area (Å²) in [5.74, 6) is 0. The number of benzene rings is 1. The molecule has 4 heteroatoms. The summed E-state index contributed by atoms with van der Waals surface area (Å²) >= 11 is 0. The monoisotopic (exact) mass is 222 g/mol. The van der Waals surface area contributed by atoms with Crippen molar-refractivity contribution in [2.75, 3.05) is 6.54 Å². The Hall–Kier alpha value is -1.55. The third-order valence-electron chi connectivity index (χ3n) is 3.09. The highest BCUT2D eigenvalue weighted by molar-refractivity contribution is 5.61. The minimum atomic E-state index is -1.33. The van der Waals surface area contributed by atoms with Crippen LogP contribution < -0.4 is 11.5 Å². The van der Waals surface area contributed by atoms with Crippen molar-refractivity contribution in [3.05, 3.63) is 35.9 Å². The smallest absolute Gasteiger partial charge is 0.402 e. The maximum Gasteiger partial charge on any atom is 0.402 e. The first kappa shape index (κ1) is 12.5. The van der Waals surface area contributed by atoms with Gasteiger partial charge in [-0.25, -0.2) is 4.79 Å². The highest BCUT2D eigenvalue weighted by atomic mass is 16.4. The van der Waals surface area contributed by atoms with E-state index >= 15 is 0 Å². The van der Waals surface area contributed by atoms with Crippen LogP contribution in [0.1, 0.15) is 24.8 Å². The van der Waals surface area contributed by atoms with Crippen LogP contribution in [0.25, 0.3) is 0 Å². The van der Waals surface area contributed by atoms with E-state index in [0.717, 1.165) is 6.54 Å². The zero-order chi connectivity index (χ0) is 12.0. The van der Waals surface area contributed by atoms with E-state index in [2.05, 4.69) is 36.1 Å². The van der Waals surface area contributed by atoms with Gasteiger partial charge in [0.05, 0.1) is 0 Å². The molecule has 1 aromatic rings. The van der Waals surface area contributed by atoms with Crippen molar-refractivity contribution < 1.29 is 9.90 Å². The molecule has 4 nitrogen and oxygen atoms in total. The number of hydrogen-bond donors (Lipinski definition) is 3. The van der Waals surface area contributed by atoms with Crippen LogP contribution in [0.15, 0.2) is 30.3 Å². The molecule has 0 bridgehead atoms. The summed E-state index contributed by atoms with van der Waals surface area (Å²) in [5.41, 5.74) is 11.6. The van der Waals surface area contributed by atoms with E-state index < -0.39 is 6.09 Å². The fraction of sp³-hybridized carbons (Fsp3) is 0.417. The molecule has 0 aliphatic heterocycles. The van der Waals surface area contributed by atoms with Gasteiger partial charge in [0.2, 0.25) is 0 Å². The van der Waals surface area contributed by atoms with E-state index in [0.29, 0.717) is 5.41 Å². The number of amides is 1. The van der Waals surface area contributed by atoms with Gasteiger partial charge in [0.15, 0.2) is 0 Å². The van der Waals surface area contributed by atoms with Gasteiger partial charge < -0.3 is 16.6 Å². The predicted octanol–water partition coefficient (Wildman–Crippen LogP) is 1.69. The predicted molar refractivity (Wildman–Crippen MR) is 63.2 cm³/mol. The minimum Gasteiger partial charge on any atom is -0.465 e. The molecule has 88 valence electrons. The van der Waals surface area contributed by atoms with Crippen LogP contribution in [0.3, 0.4) is 0 Å². The van der Waals surface area contributed by atoms with Crippen molar-refractivity contribution in [2.24, 2.45) is 11.5 Å². The summed E-state index contributed by atoms with van der Waals surface area (Å²) in [7, 11) is 0. The van der Waals surface area contributed by atoms with Gasteiger partial charge >= 0.3 is 6.09 Å². The Balaban J connectivity index is 0.000000280. The quantitative estimate of drug-likeness (QED) is 0.711. The lowest BCUT2D eigenvalue weighted by Gasteiger charge is -2.41. The van der Waals surface area contributed by atoms with Crippen molar-refractivity contribution in [1.29, 1.82) is 0 Å². The summed E-state index contributed by atoms with van der Waals surface area (Å²) in [6, 6.07) is 10.7. The molecule has 0 unspecified atom stereocenters. The molecule has 1 aliphatic rings. The molecule has 2 rings (SSSR count). The maximum atomic E-state index is 8.78. The number of rotatable bonds is 2. The van der Waals surface area contributed by atoms with Crippen molar-refractivity contribution in [2.45, 2.75) is 24.7 Å². The molecule has 5 N–H and O–H groups in total. The lowest BCUT2D eigenvalue weighted by molar-refractivity contribution is 0.205. The Morgan fingerprint density at radius 2 is 1.81 bits per heavy atom. The van der Waals surface area contributed by atoms with Gasteiger partial charge in [-0.2, -0.15) is 0 Å². The number of carbonyl (C=O) groups is 1. The third-order valence-corrected chi connectivity index (χ3v) is 3.09.